The summed E-state index contributed by atoms with van der Waals surface area (Å²) in [5, 5.41) is 5.64. The summed E-state index contributed by atoms with van der Waals surface area (Å²) in [7, 11) is 0. The summed E-state index contributed by atoms with van der Waals surface area (Å²) in [6, 6.07) is 13.7. The van der Waals surface area contributed by atoms with E-state index < -0.39 is 11.8 Å². The largest absolute Gasteiger partial charge is 0.374 e. The zero-order valence-corrected chi connectivity index (χ0v) is 12.8. The van der Waals surface area contributed by atoms with Gasteiger partial charge in [0.2, 0.25) is 11.8 Å². The average Bonchev–Trinajstić information content (AvgIpc) is 2.58. The third-order valence-corrected chi connectivity index (χ3v) is 3.69. The summed E-state index contributed by atoms with van der Waals surface area (Å²) < 4.78 is 0. The molecule has 2 aromatic rings. The van der Waals surface area contributed by atoms with Crippen molar-refractivity contribution < 1.29 is 14.4 Å². The summed E-state index contributed by atoms with van der Waals surface area (Å²) in [6.45, 7) is -0.0210. The number of primary amides is 1. The lowest BCUT2D eigenvalue weighted by Gasteiger charge is -2.29. The van der Waals surface area contributed by atoms with Crippen molar-refractivity contribution in [1.82, 2.24) is 0 Å². The molecule has 3 amide bonds. The fourth-order valence-corrected chi connectivity index (χ4v) is 2.57. The SMILES string of the molecule is NC(=O)c1ccccc1NC(=O)CN1C(=O)CNc2ccccc21. The highest BCUT2D eigenvalue weighted by Crippen LogP contribution is 2.28. The number of carbonyl (C=O) groups excluding carboxylic acids is 3. The number of rotatable bonds is 4. The third-order valence-electron chi connectivity index (χ3n) is 3.69. The number of anilines is 3. The van der Waals surface area contributed by atoms with Crippen LogP contribution in [-0.4, -0.2) is 30.8 Å². The van der Waals surface area contributed by atoms with E-state index in [-0.39, 0.29) is 24.6 Å². The average molecular weight is 324 g/mol. The summed E-state index contributed by atoms with van der Waals surface area (Å²) >= 11 is 0. The number of nitrogens with one attached hydrogen (secondary N) is 2. The minimum absolute atomic E-state index is 0.127. The second-order valence-corrected chi connectivity index (χ2v) is 5.31. The van der Waals surface area contributed by atoms with Crippen LogP contribution in [0.25, 0.3) is 0 Å². The van der Waals surface area contributed by atoms with Crippen LogP contribution in [0.2, 0.25) is 0 Å². The van der Waals surface area contributed by atoms with Gasteiger partial charge in [-0.25, -0.2) is 0 Å². The van der Waals surface area contributed by atoms with E-state index in [1.54, 1.807) is 30.3 Å². The van der Waals surface area contributed by atoms with E-state index in [1.807, 2.05) is 12.1 Å². The maximum absolute atomic E-state index is 12.3. The van der Waals surface area contributed by atoms with Crippen LogP contribution in [-0.2, 0) is 9.59 Å². The standard InChI is InChI=1S/C17H16N4O3/c18-17(24)11-5-1-2-6-12(11)20-15(22)10-21-14-8-4-3-7-13(14)19-9-16(21)23/h1-8,19H,9-10H2,(H2,18,24)(H,20,22). The number of nitrogens with zero attached hydrogens (tertiary/aromatic N) is 1. The number of hydrogen-bond donors (Lipinski definition) is 3. The van der Waals surface area contributed by atoms with Crippen LogP contribution in [0.4, 0.5) is 17.1 Å². The zero-order chi connectivity index (χ0) is 17.1. The molecule has 2 aromatic carbocycles. The van der Waals surface area contributed by atoms with Crippen molar-refractivity contribution in [1.29, 1.82) is 0 Å². The van der Waals surface area contributed by atoms with Crippen LogP contribution >= 0.6 is 0 Å². The van der Waals surface area contributed by atoms with Crippen molar-refractivity contribution in [3.8, 4) is 0 Å². The predicted octanol–water partition coefficient (Wildman–Crippen LogP) is 1.18. The van der Waals surface area contributed by atoms with Crippen LogP contribution in [0.1, 0.15) is 10.4 Å². The molecule has 7 heteroatoms. The first kappa shape index (κ1) is 15.5. The van der Waals surface area contributed by atoms with Gasteiger partial charge in [-0.05, 0) is 24.3 Å². The van der Waals surface area contributed by atoms with Gasteiger partial charge in [0.05, 0.1) is 29.2 Å². The fraction of sp³-hybridized carbons (Fsp3) is 0.118. The van der Waals surface area contributed by atoms with Gasteiger partial charge in [-0.15, -0.1) is 0 Å². The Morgan fingerprint density at radius 2 is 1.83 bits per heavy atom. The Labute approximate surface area is 138 Å². The molecule has 1 aliphatic heterocycles. The van der Waals surface area contributed by atoms with E-state index in [0.29, 0.717) is 11.4 Å². The van der Waals surface area contributed by atoms with Gasteiger partial charge in [0.1, 0.15) is 6.54 Å². The van der Waals surface area contributed by atoms with Crippen molar-refractivity contribution in [2.75, 3.05) is 28.6 Å². The summed E-state index contributed by atoms with van der Waals surface area (Å²) in [6.07, 6.45) is 0. The number of benzene rings is 2. The van der Waals surface area contributed by atoms with Crippen molar-refractivity contribution >= 4 is 34.8 Å². The Bertz CT molecular complexity index is 819. The van der Waals surface area contributed by atoms with Crippen LogP contribution < -0.4 is 21.3 Å². The summed E-state index contributed by atoms with van der Waals surface area (Å²) in [4.78, 5) is 37.3. The number of fused-ring (bicyclic) bond motifs is 1. The van der Waals surface area contributed by atoms with Crippen molar-refractivity contribution in [2.45, 2.75) is 0 Å². The van der Waals surface area contributed by atoms with Crippen molar-refractivity contribution in [3.05, 3.63) is 54.1 Å². The topological polar surface area (TPSA) is 105 Å². The molecule has 0 radical (unpaired) electrons. The van der Waals surface area contributed by atoms with Crippen molar-refractivity contribution in [2.24, 2.45) is 5.73 Å². The molecule has 0 saturated carbocycles. The van der Waals surface area contributed by atoms with Gasteiger partial charge in [0, 0.05) is 0 Å². The van der Waals surface area contributed by atoms with E-state index >= 15 is 0 Å². The Kier molecular flexibility index (Phi) is 4.15. The van der Waals surface area contributed by atoms with Crippen LogP contribution in [0.3, 0.4) is 0 Å². The first-order valence-corrected chi connectivity index (χ1v) is 7.38. The quantitative estimate of drug-likeness (QED) is 0.785. The molecular formula is C17H16N4O3. The van der Waals surface area contributed by atoms with Gasteiger partial charge >= 0.3 is 0 Å². The van der Waals surface area contributed by atoms with E-state index in [9.17, 15) is 14.4 Å². The molecule has 4 N–H and O–H groups in total. The number of carbonyl (C=O) groups is 3. The third kappa shape index (κ3) is 3.05. The molecule has 1 aliphatic rings. The lowest BCUT2D eigenvalue weighted by atomic mass is 10.1. The maximum Gasteiger partial charge on any atom is 0.250 e. The van der Waals surface area contributed by atoms with E-state index in [0.717, 1.165) is 5.69 Å². The lowest BCUT2D eigenvalue weighted by Crippen LogP contribution is -2.44. The molecule has 122 valence electrons. The summed E-state index contributed by atoms with van der Waals surface area (Å²) in [5.74, 6) is -1.24. The molecule has 0 unspecified atom stereocenters. The van der Waals surface area contributed by atoms with Gasteiger partial charge in [-0.2, -0.15) is 0 Å². The van der Waals surface area contributed by atoms with Gasteiger partial charge in [0.15, 0.2) is 0 Å². The predicted molar refractivity (Wildman–Crippen MR) is 90.9 cm³/mol. The molecule has 0 aliphatic carbocycles. The van der Waals surface area contributed by atoms with E-state index in [1.165, 1.54) is 11.0 Å². The highest BCUT2D eigenvalue weighted by molar-refractivity contribution is 6.09. The molecule has 0 fully saturated rings. The van der Waals surface area contributed by atoms with Gasteiger partial charge in [-0.3, -0.25) is 19.3 Å². The number of para-hydroxylation sites is 3. The first-order chi connectivity index (χ1) is 11.6. The van der Waals surface area contributed by atoms with Gasteiger partial charge in [0.25, 0.3) is 5.91 Å². The Morgan fingerprint density at radius 1 is 1.12 bits per heavy atom. The minimum atomic E-state index is -0.630. The highest BCUT2D eigenvalue weighted by Gasteiger charge is 2.25. The molecule has 0 bridgehead atoms. The molecule has 1 heterocycles. The number of amides is 3. The Hall–Kier alpha value is -3.35. The number of hydrogen-bond acceptors (Lipinski definition) is 4. The van der Waals surface area contributed by atoms with Gasteiger partial charge < -0.3 is 16.4 Å². The van der Waals surface area contributed by atoms with E-state index in [2.05, 4.69) is 10.6 Å². The second-order valence-electron chi connectivity index (χ2n) is 5.31. The molecule has 7 nitrogen and oxygen atoms in total. The van der Waals surface area contributed by atoms with Crippen LogP contribution in [0.5, 0.6) is 0 Å². The normalized spacial score (nSPS) is 13.0. The minimum Gasteiger partial charge on any atom is -0.374 e. The highest BCUT2D eigenvalue weighted by atomic mass is 16.2. The summed E-state index contributed by atoms with van der Waals surface area (Å²) in [5.41, 5.74) is 7.28. The fourth-order valence-electron chi connectivity index (χ4n) is 2.57. The monoisotopic (exact) mass is 324 g/mol. The first-order valence-electron chi connectivity index (χ1n) is 7.38. The molecule has 0 spiro atoms. The zero-order valence-electron chi connectivity index (χ0n) is 12.8. The van der Waals surface area contributed by atoms with Crippen LogP contribution in [0, 0.1) is 0 Å². The van der Waals surface area contributed by atoms with Crippen LogP contribution in [0.15, 0.2) is 48.5 Å². The lowest BCUT2D eigenvalue weighted by molar-refractivity contribution is -0.120. The molecule has 24 heavy (non-hydrogen) atoms. The molecule has 0 atom stereocenters. The Balaban J connectivity index is 1.79. The van der Waals surface area contributed by atoms with Gasteiger partial charge in [-0.1, -0.05) is 24.3 Å². The van der Waals surface area contributed by atoms with E-state index in [4.69, 9.17) is 5.73 Å². The van der Waals surface area contributed by atoms with Crippen molar-refractivity contribution in [3.63, 3.8) is 0 Å². The number of nitrogens with two attached hydrogens (primary N) is 1. The molecule has 0 aromatic heterocycles. The molecule has 3 rings (SSSR count). The second kappa shape index (κ2) is 6.41. The maximum atomic E-state index is 12.3. The smallest absolute Gasteiger partial charge is 0.250 e. The Morgan fingerprint density at radius 3 is 2.62 bits per heavy atom. The molecule has 0 saturated heterocycles. The molecular weight excluding hydrogens is 308 g/mol.